The Morgan fingerprint density at radius 1 is 1.53 bits per heavy atom. The van der Waals surface area contributed by atoms with Crippen molar-refractivity contribution in [2.45, 2.75) is 39.2 Å². The quantitative estimate of drug-likeness (QED) is 0.728. The van der Waals surface area contributed by atoms with E-state index in [-0.39, 0.29) is 0 Å². The van der Waals surface area contributed by atoms with Gasteiger partial charge in [-0.2, -0.15) is 0 Å². The molecule has 1 heterocycles. The van der Waals surface area contributed by atoms with Crippen LogP contribution in [0.2, 0.25) is 0 Å². The molecule has 1 aliphatic rings. The van der Waals surface area contributed by atoms with E-state index >= 15 is 0 Å². The first-order valence-electron chi connectivity index (χ1n) is 6.30. The fraction of sp³-hybridized carbons (Fsp3) is 1.00. The second kappa shape index (κ2) is 7.20. The van der Waals surface area contributed by atoms with Crippen molar-refractivity contribution < 1.29 is 4.74 Å². The molecule has 0 aromatic rings. The average Bonchev–Trinajstić information content (AvgIpc) is 2.19. The van der Waals surface area contributed by atoms with Gasteiger partial charge in [0, 0.05) is 19.7 Å². The lowest BCUT2D eigenvalue weighted by atomic mass is 10.0. The first kappa shape index (κ1) is 12.9. The van der Waals surface area contributed by atoms with Gasteiger partial charge in [0.15, 0.2) is 0 Å². The molecule has 0 saturated carbocycles. The number of hydrogen-bond acceptors (Lipinski definition) is 3. The molecule has 0 aromatic heterocycles. The lowest BCUT2D eigenvalue weighted by Gasteiger charge is -2.34. The van der Waals surface area contributed by atoms with Crippen molar-refractivity contribution in [3.05, 3.63) is 0 Å². The van der Waals surface area contributed by atoms with Crippen LogP contribution in [0.3, 0.4) is 0 Å². The zero-order chi connectivity index (χ0) is 11.1. The summed E-state index contributed by atoms with van der Waals surface area (Å²) in [6.07, 6.45) is 4.11. The SMILES string of the molecule is CCOC1CCCN(CC(C)CCN)C1. The van der Waals surface area contributed by atoms with Crippen molar-refractivity contribution in [1.82, 2.24) is 4.90 Å². The standard InChI is InChI=1S/C12H26N2O/c1-3-15-12-5-4-8-14(10-12)9-11(2)6-7-13/h11-12H,3-10,13H2,1-2H3. The summed E-state index contributed by atoms with van der Waals surface area (Å²) in [7, 11) is 0. The molecule has 1 rings (SSSR count). The van der Waals surface area contributed by atoms with Crippen molar-refractivity contribution in [2.75, 3.05) is 32.8 Å². The van der Waals surface area contributed by atoms with Crippen LogP contribution in [-0.2, 0) is 4.74 Å². The highest BCUT2D eigenvalue weighted by Crippen LogP contribution is 2.15. The van der Waals surface area contributed by atoms with Crippen LogP contribution in [0.4, 0.5) is 0 Å². The summed E-state index contributed by atoms with van der Waals surface area (Å²) < 4.78 is 5.69. The summed E-state index contributed by atoms with van der Waals surface area (Å²) in [5, 5.41) is 0. The largest absolute Gasteiger partial charge is 0.377 e. The molecule has 15 heavy (non-hydrogen) atoms. The maximum atomic E-state index is 5.69. The highest BCUT2D eigenvalue weighted by Gasteiger charge is 2.20. The van der Waals surface area contributed by atoms with Gasteiger partial charge in [-0.3, -0.25) is 0 Å². The fourth-order valence-corrected chi connectivity index (χ4v) is 2.37. The molecule has 0 amide bonds. The molecule has 3 heteroatoms. The number of hydrogen-bond donors (Lipinski definition) is 1. The lowest BCUT2D eigenvalue weighted by Crippen LogP contribution is -2.41. The van der Waals surface area contributed by atoms with Crippen LogP contribution in [0.25, 0.3) is 0 Å². The van der Waals surface area contributed by atoms with E-state index in [1.54, 1.807) is 0 Å². The molecule has 0 aromatic carbocycles. The zero-order valence-electron chi connectivity index (χ0n) is 10.2. The molecule has 3 nitrogen and oxygen atoms in total. The minimum atomic E-state index is 0.467. The molecule has 1 fully saturated rings. The molecule has 1 saturated heterocycles. The van der Waals surface area contributed by atoms with Crippen molar-refractivity contribution in [3.63, 3.8) is 0 Å². The number of rotatable bonds is 6. The Labute approximate surface area is 94.0 Å². The van der Waals surface area contributed by atoms with Crippen LogP contribution < -0.4 is 5.73 Å². The minimum Gasteiger partial charge on any atom is -0.377 e. The second-order valence-corrected chi connectivity index (χ2v) is 4.66. The normalized spacial score (nSPS) is 25.4. The molecule has 0 radical (unpaired) electrons. The molecule has 0 aliphatic carbocycles. The van der Waals surface area contributed by atoms with Crippen LogP contribution in [0.15, 0.2) is 0 Å². The van der Waals surface area contributed by atoms with Gasteiger partial charge in [0.25, 0.3) is 0 Å². The predicted molar refractivity (Wildman–Crippen MR) is 63.9 cm³/mol. The van der Waals surface area contributed by atoms with Crippen LogP contribution in [-0.4, -0.2) is 43.8 Å². The Morgan fingerprint density at radius 3 is 3.00 bits per heavy atom. The average molecular weight is 214 g/mol. The Hall–Kier alpha value is -0.120. The van der Waals surface area contributed by atoms with Crippen molar-refractivity contribution in [2.24, 2.45) is 11.7 Å². The van der Waals surface area contributed by atoms with E-state index in [2.05, 4.69) is 18.7 Å². The van der Waals surface area contributed by atoms with Gasteiger partial charge in [-0.05, 0) is 45.2 Å². The van der Waals surface area contributed by atoms with Gasteiger partial charge in [0.05, 0.1) is 6.10 Å². The zero-order valence-corrected chi connectivity index (χ0v) is 10.2. The van der Waals surface area contributed by atoms with Gasteiger partial charge >= 0.3 is 0 Å². The van der Waals surface area contributed by atoms with Gasteiger partial charge in [0.2, 0.25) is 0 Å². The fourth-order valence-electron chi connectivity index (χ4n) is 2.37. The third-order valence-corrected chi connectivity index (χ3v) is 3.09. The van der Waals surface area contributed by atoms with Crippen molar-refractivity contribution >= 4 is 0 Å². The molecular formula is C12H26N2O. The molecule has 0 spiro atoms. The van der Waals surface area contributed by atoms with E-state index in [4.69, 9.17) is 10.5 Å². The van der Waals surface area contributed by atoms with Crippen LogP contribution >= 0.6 is 0 Å². The van der Waals surface area contributed by atoms with Crippen molar-refractivity contribution in [1.29, 1.82) is 0 Å². The highest BCUT2D eigenvalue weighted by molar-refractivity contribution is 4.74. The second-order valence-electron chi connectivity index (χ2n) is 4.66. The molecule has 1 aliphatic heterocycles. The Bertz CT molecular complexity index is 160. The summed E-state index contributed by atoms with van der Waals surface area (Å²) in [6.45, 7) is 9.55. The third-order valence-electron chi connectivity index (χ3n) is 3.09. The predicted octanol–water partition coefficient (Wildman–Crippen LogP) is 1.47. The van der Waals surface area contributed by atoms with Gasteiger partial charge in [-0.15, -0.1) is 0 Å². The van der Waals surface area contributed by atoms with Gasteiger partial charge in [-0.25, -0.2) is 0 Å². The Morgan fingerprint density at radius 2 is 2.33 bits per heavy atom. The number of nitrogens with zero attached hydrogens (tertiary/aromatic N) is 1. The molecule has 90 valence electrons. The summed E-state index contributed by atoms with van der Waals surface area (Å²) in [5.41, 5.74) is 5.57. The summed E-state index contributed by atoms with van der Waals surface area (Å²) in [5.74, 6) is 0.718. The number of likely N-dealkylation sites (tertiary alicyclic amines) is 1. The van der Waals surface area contributed by atoms with Crippen molar-refractivity contribution in [3.8, 4) is 0 Å². The molecule has 2 N–H and O–H groups in total. The smallest absolute Gasteiger partial charge is 0.0702 e. The first-order chi connectivity index (χ1) is 7.26. The maximum absolute atomic E-state index is 5.69. The number of piperidine rings is 1. The van der Waals surface area contributed by atoms with Crippen LogP contribution in [0.1, 0.15) is 33.1 Å². The molecule has 2 unspecified atom stereocenters. The Kier molecular flexibility index (Phi) is 6.22. The minimum absolute atomic E-state index is 0.467. The summed E-state index contributed by atoms with van der Waals surface area (Å²) >= 11 is 0. The Balaban J connectivity index is 2.23. The van der Waals surface area contributed by atoms with Gasteiger partial charge < -0.3 is 15.4 Å². The van der Waals surface area contributed by atoms with E-state index < -0.39 is 0 Å². The van der Waals surface area contributed by atoms with Gasteiger partial charge in [0.1, 0.15) is 0 Å². The monoisotopic (exact) mass is 214 g/mol. The van der Waals surface area contributed by atoms with E-state index in [9.17, 15) is 0 Å². The first-order valence-corrected chi connectivity index (χ1v) is 6.30. The van der Waals surface area contributed by atoms with E-state index in [0.717, 1.165) is 32.0 Å². The van der Waals surface area contributed by atoms with E-state index in [1.807, 2.05) is 0 Å². The van der Waals surface area contributed by atoms with E-state index in [1.165, 1.54) is 25.9 Å². The van der Waals surface area contributed by atoms with Crippen LogP contribution in [0, 0.1) is 5.92 Å². The van der Waals surface area contributed by atoms with Gasteiger partial charge in [-0.1, -0.05) is 6.92 Å². The summed E-state index contributed by atoms with van der Waals surface area (Å²) in [6, 6.07) is 0. The number of ether oxygens (including phenoxy) is 1. The molecule has 2 atom stereocenters. The molecular weight excluding hydrogens is 188 g/mol. The number of nitrogens with two attached hydrogens (primary N) is 1. The third kappa shape index (κ3) is 4.96. The highest BCUT2D eigenvalue weighted by atomic mass is 16.5. The maximum Gasteiger partial charge on any atom is 0.0702 e. The van der Waals surface area contributed by atoms with Crippen LogP contribution in [0.5, 0.6) is 0 Å². The topological polar surface area (TPSA) is 38.5 Å². The summed E-state index contributed by atoms with van der Waals surface area (Å²) in [4.78, 5) is 2.53. The molecule has 0 bridgehead atoms. The van der Waals surface area contributed by atoms with E-state index in [0.29, 0.717) is 6.10 Å². The lowest BCUT2D eigenvalue weighted by molar-refractivity contribution is 0.00229.